The van der Waals surface area contributed by atoms with Gasteiger partial charge in [0.2, 0.25) is 0 Å². The van der Waals surface area contributed by atoms with Gasteiger partial charge in [0, 0.05) is 25.6 Å². The number of hydrogen-bond donors (Lipinski definition) is 1. The molecule has 0 radical (unpaired) electrons. The number of methoxy groups -OCH3 is 1. The molecule has 1 heterocycles. The molecule has 1 atom stereocenters. The maximum Gasteiger partial charge on any atom is 0.290 e. The number of ketones is 1. The lowest BCUT2D eigenvalue weighted by molar-refractivity contribution is -0.130. The minimum atomic E-state index is -0.676. The maximum atomic E-state index is 12.5. The Labute approximate surface area is 148 Å². The molecule has 1 amide bonds. The number of carbonyl (C=O) groups excluding carboxylic acids is 2. The second-order valence-corrected chi connectivity index (χ2v) is 6.14. The van der Waals surface area contributed by atoms with Crippen LogP contribution in [-0.2, 0) is 14.3 Å². The summed E-state index contributed by atoms with van der Waals surface area (Å²) in [6, 6.07) is 6.60. The summed E-state index contributed by atoms with van der Waals surface area (Å²) in [5, 5.41) is 10.3. The quantitative estimate of drug-likeness (QED) is 0.782. The summed E-state index contributed by atoms with van der Waals surface area (Å²) in [5.41, 5.74) is 0.810. The molecule has 25 heavy (non-hydrogen) atoms. The van der Waals surface area contributed by atoms with Crippen LogP contribution in [0.4, 0.5) is 0 Å². The molecule has 0 bridgehead atoms. The summed E-state index contributed by atoms with van der Waals surface area (Å²) in [6.45, 7) is 6.09. The molecular formula is C19H25NO5. The Balaban J connectivity index is 2.55. The van der Waals surface area contributed by atoms with Gasteiger partial charge in [0.25, 0.3) is 5.91 Å². The maximum absolute atomic E-state index is 12.5. The van der Waals surface area contributed by atoms with Gasteiger partial charge < -0.3 is 19.5 Å². The Kier molecular flexibility index (Phi) is 6.20. The number of Topliss-reactive ketones (excluding diaryl/α,β-unsaturated/α-hetero) is 1. The van der Waals surface area contributed by atoms with Crippen molar-refractivity contribution in [3.8, 4) is 5.75 Å². The van der Waals surface area contributed by atoms with E-state index in [-0.39, 0.29) is 30.4 Å². The van der Waals surface area contributed by atoms with Crippen molar-refractivity contribution in [3.05, 3.63) is 41.2 Å². The molecule has 0 fully saturated rings. The fourth-order valence-electron chi connectivity index (χ4n) is 2.94. The van der Waals surface area contributed by atoms with Crippen molar-refractivity contribution >= 4 is 11.7 Å². The number of aliphatic hydroxyl groups is 1. The van der Waals surface area contributed by atoms with E-state index in [1.165, 1.54) is 12.0 Å². The minimum Gasteiger partial charge on any atom is -0.503 e. The van der Waals surface area contributed by atoms with Gasteiger partial charge in [0.05, 0.1) is 24.3 Å². The van der Waals surface area contributed by atoms with E-state index in [1.807, 2.05) is 32.0 Å². The molecule has 1 N–H and O–H groups in total. The highest BCUT2D eigenvalue weighted by atomic mass is 16.5. The van der Waals surface area contributed by atoms with Crippen molar-refractivity contribution in [1.82, 2.24) is 4.90 Å². The fourth-order valence-corrected chi connectivity index (χ4v) is 2.94. The molecule has 1 aliphatic rings. The Morgan fingerprint density at radius 1 is 1.32 bits per heavy atom. The standard InChI is InChI=1S/C19H25NO5/c1-5-14(21)16-17(20(10-11-24-4)19(23)18(16)22)13-8-6-7-9-15(13)25-12(2)3/h6-9,12,17,22H,5,10-11H2,1-4H3. The first-order valence-electron chi connectivity index (χ1n) is 8.44. The smallest absolute Gasteiger partial charge is 0.290 e. The van der Waals surface area contributed by atoms with Crippen molar-refractivity contribution in [2.24, 2.45) is 0 Å². The predicted molar refractivity (Wildman–Crippen MR) is 93.5 cm³/mol. The highest BCUT2D eigenvalue weighted by molar-refractivity contribution is 6.08. The van der Waals surface area contributed by atoms with Crippen LogP contribution in [0.2, 0.25) is 0 Å². The van der Waals surface area contributed by atoms with Crippen LogP contribution in [-0.4, -0.2) is 48.1 Å². The normalized spacial score (nSPS) is 17.6. The first-order chi connectivity index (χ1) is 11.9. The first-order valence-corrected chi connectivity index (χ1v) is 8.44. The van der Waals surface area contributed by atoms with E-state index in [9.17, 15) is 14.7 Å². The number of nitrogens with zero attached hydrogens (tertiary/aromatic N) is 1. The molecule has 1 aromatic carbocycles. The molecule has 1 aliphatic heterocycles. The van der Waals surface area contributed by atoms with Crippen LogP contribution in [0.25, 0.3) is 0 Å². The van der Waals surface area contributed by atoms with E-state index < -0.39 is 17.7 Å². The first kappa shape index (κ1) is 19.0. The van der Waals surface area contributed by atoms with E-state index >= 15 is 0 Å². The molecule has 2 rings (SSSR count). The van der Waals surface area contributed by atoms with Crippen LogP contribution < -0.4 is 4.74 Å². The fraction of sp³-hybridized carbons (Fsp3) is 0.474. The van der Waals surface area contributed by atoms with Crippen LogP contribution in [0.1, 0.15) is 38.8 Å². The number of hydrogen-bond acceptors (Lipinski definition) is 5. The predicted octanol–water partition coefficient (Wildman–Crippen LogP) is 2.79. The number of rotatable bonds is 8. The monoisotopic (exact) mass is 347 g/mol. The molecule has 6 nitrogen and oxygen atoms in total. The average molecular weight is 347 g/mol. The van der Waals surface area contributed by atoms with Gasteiger partial charge in [-0.2, -0.15) is 0 Å². The van der Waals surface area contributed by atoms with E-state index in [4.69, 9.17) is 9.47 Å². The van der Waals surface area contributed by atoms with Gasteiger partial charge in [-0.3, -0.25) is 9.59 Å². The van der Waals surface area contributed by atoms with Gasteiger partial charge in [-0.05, 0) is 19.9 Å². The number of aliphatic hydroxyl groups excluding tert-OH is 1. The van der Waals surface area contributed by atoms with Crippen LogP contribution in [0.5, 0.6) is 5.75 Å². The summed E-state index contributed by atoms with van der Waals surface area (Å²) in [4.78, 5) is 26.4. The van der Waals surface area contributed by atoms with Gasteiger partial charge in [0.1, 0.15) is 5.75 Å². The summed E-state index contributed by atoms with van der Waals surface area (Å²) >= 11 is 0. The zero-order chi connectivity index (χ0) is 18.6. The zero-order valence-corrected chi connectivity index (χ0v) is 15.1. The van der Waals surface area contributed by atoms with E-state index in [0.29, 0.717) is 17.9 Å². The molecule has 1 aromatic rings. The number of amides is 1. The van der Waals surface area contributed by atoms with E-state index in [1.54, 1.807) is 13.0 Å². The van der Waals surface area contributed by atoms with Crippen molar-refractivity contribution in [2.75, 3.05) is 20.3 Å². The third kappa shape index (κ3) is 3.85. The van der Waals surface area contributed by atoms with Crippen LogP contribution in [0.15, 0.2) is 35.6 Å². The van der Waals surface area contributed by atoms with Crippen molar-refractivity contribution in [1.29, 1.82) is 0 Å². The molecule has 0 saturated heterocycles. The Morgan fingerprint density at radius 3 is 2.60 bits per heavy atom. The Morgan fingerprint density at radius 2 is 2.00 bits per heavy atom. The molecule has 136 valence electrons. The third-order valence-corrected chi connectivity index (χ3v) is 4.04. The lowest BCUT2D eigenvalue weighted by Gasteiger charge is -2.28. The molecule has 0 aliphatic carbocycles. The second-order valence-electron chi connectivity index (χ2n) is 6.14. The Bertz CT molecular complexity index is 680. The SMILES string of the molecule is CCC(=O)C1=C(O)C(=O)N(CCOC)C1c1ccccc1OC(C)C. The van der Waals surface area contributed by atoms with E-state index in [0.717, 1.165) is 0 Å². The highest BCUT2D eigenvalue weighted by Crippen LogP contribution is 2.41. The topological polar surface area (TPSA) is 76.1 Å². The molecular weight excluding hydrogens is 322 g/mol. The third-order valence-electron chi connectivity index (χ3n) is 4.04. The average Bonchev–Trinajstić information content (AvgIpc) is 2.83. The molecule has 0 aromatic heterocycles. The summed E-state index contributed by atoms with van der Waals surface area (Å²) in [7, 11) is 1.54. The van der Waals surface area contributed by atoms with Crippen molar-refractivity contribution < 1.29 is 24.2 Å². The summed E-state index contributed by atoms with van der Waals surface area (Å²) in [5.74, 6) is -0.700. The lowest BCUT2D eigenvalue weighted by atomic mass is 9.94. The molecule has 6 heteroatoms. The number of benzene rings is 1. The largest absolute Gasteiger partial charge is 0.503 e. The molecule has 0 saturated carbocycles. The number of ether oxygens (including phenoxy) is 2. The highest BCUT2D eigenvalue weighted by Gasteiger charge is 2.43. The van der Waals surface area contributed by atoms with E-state index in [2.05, 4.69) is 0 Å². The van der Waals surface area contributed by atoms with Crippen molar-refractivity contribution in [2.45, 2.75) is 39.3 Å². The lowest BCUT2D eigenvalue weighted by Crippen LogP contribution is -2.34. The second kappa shape index (κ2) is 8.16. The van der Waals surface area contributed by atoms with Gasteiger partial charge >= 0.3 is 0 Å². The van der Waals surface area contributed by atoms with Gasteiger partial charge in [-0.25, -0.2) is 0 Å². The van der Waals surface area contributed by atoms with Gasteiger partial charge in [-0.1, -0.05) is 25.1 Å². The number of para-hydroxylation sites is 1. The van der Waals surface area contributed by atoms with Gasteiger partial charge in [-0.15, -0.1) is 0 Å². The number of carbonyl (C=O) groups is 2. The summed E-state index contributed by atoms with van der Waals surface area (Å²) in [6.07, 6.45) is 0.141. The Hall–Kier alpha value is -2.34. The molecule has 0 spiro atoms. The zero-order valence-electron chi connectivity index (χ0n) is 15.1. The van der Waals surface area contributed by atoms with Crippen LogP contribution in [0.3, 0.4) is 0 Å². The van der Waals surface area contributed by atoms with Crippen LogP contribution >= 0.6 is 0 Å². The minimum absolute atomic E-state index is 0.0615. The molecule has 1 unspecified atom stereocenters. The summed E-state index contributed by atoms with van der Waals surface area (Å²) < 4.78 is 10.9. The van der Waals surface area contributed by atoms with Crippen LogP contribution in [0, 0.1) is 0 Å². The van der Waals surface area contributed by atoms with Crippen molar-refractivity contribution in [3.63, 3.8) is 0 Å². The van der Waals surface area contributed by atoms with Gasteiger partial charge in [0.15, 0.2) is 11.5 Å².